The maximum Gasteiger partial charge on any atom is 0.336 e. The zero-order valence-corrected chi connectivity index (χ0v) is 10.0. The lowest BCUT2D eigenvalue weighted by Gasteiger charge is -2.09. The number of hydrogen-bond acceptors (Lipinski definition) is 1. The van der Waals surface area contributed by atoms with E-state index in [1.807, 2.05) is 31.2 Å². The molecule has 0 aliphatic heterocycles. The number of carboxylic acids is 1. The summed E-state index contributed by atoms with van der Waals surface area (Å²) in [5.41, 5.74) is 2.84. The highest BCUT2D eigenvalue weighted by Gasteiger charge is 2.13. The standard InChI is InChI=1S/C14H11ClO2/c1-9-4-2-3-5-11(9)13-8-10(15)6-7-12(13)14(16)17/h2-8H,1H3,(H,16,17). The molecule has 0 saturated heterocycles. The molecule has 2 rings (SSSR count). The van der Waals surface area contributed by atoms with Crippen LogP contribution >= 0.6 is 11.6 Å². The summed E-state index contributed by atoms with van der Waals surface area (Å²) in [6.45, 7) is 1.95. The van der Waals surface area contributed by atoms with Gasteiger partial charge in [-0.1, -0.05) is 35.9 Å². The van der Waals surface area contributed by atoms with E-state index in [2.05, 4.69) is 0 Å². The van der Waals surface area contributed by atoms with Gasteiger partial charge in [0.2, 0.25) is 0 Å². The van der Waals surface area contributed by atoms with Gasteiger partial charge in [-0.3, -0.25) is 0 Å². The normalized spacial score (nSPS) is 10.2. The van der Waals surface area contributed by atoms with E-state index in [1.54, 1.807) is 12.1 Å². The van der Waals surface area contributed by atoms with Gasteiger partial charge in [-0.25, -0.2) is 4.79 Å². The van der Waals surface area contributed by atoms with Gasteiger partial charge >= 0.3 is 5.97 Å². The van der Waals surface area contributed by atoms with Crippen LogP contribution in [0.3, 0.4) is 0 Å². The van der Waals surface area contributed by atoms with E-state index in [9.17, 15) is 4.79 Å². The SMILES string of the molecule is Cc1ccccc1-c1cc(Cl)ccc1C(=O)O. The molecule has 0 saturated carbocycles. The second kappa shape index (κ2) is 4.60. The Morgan fingerprint density at radius 3 is 2.47 bits per heavy atom. The Morgan fingerprint density at radius 1 is 1.12 bits per heavy atom. The molecule has 0 aromatic heterocycles. The van der Waals surface area contributed by atoms with Gasteiger partial charge in [0.25, 0.3) is 0 Å². The van der Waals surface area contributed by atoms with Gasteiger partial charge in [0.1, 0.15) is 0 Å². The van der Waals surface area contributed by atoms with Gasteiger partial charge in [-0.2, -0.15) is 0 Å². The second-order valence-corrected chi connectivity index (χ2v) is 4.25. The van der Waals surface area contributed by atoms with E-state index < -0.39 is 5.97 Å². The molecular formula is C14H11ClO2. The smallest absolute Gasteiger partial charge is 0.336 e. The molecule has 0 fully saturated rings. The lowest BCUT2D eigenvalue weighted by atomic mass is 9.96. The van der Waals surface area contributed by atoms with Crippen LogP contribution < -0.4 is 0 Å². The molecule has 0 aliphatic carbocycles. The summed E-state index contributed by atoms with van der Waals surface area (Å²) in [5.74, 6) is -0.945. The molecule has 0 unspecified atom stereocenters. The summed E-state index contributed by atoms with van der Waals surface area (Å²) >= 11 is 5.93. The first-order valence-electron chi connectivity index (χ1n) is 5.18. The fourth-order valence-corrected chi connectivity index (χ4v) is 1.97. The number of halogens is 1. The Hall–Kier alpha value is -1.80. The molecule has 2 aromatic rings. The van der Waals surface area contributed by atoms with Crippen LogP contribution in [-0.4, -0.2) is 11.1 Å². The van der Waals surface area contributed by atoms with E-state index in [-0.39, 0.29) is 5.56 Å². The average molecular weight is 247 g/mol. The minimum atomic E-state index is -0.945. The molecule has 2 aromatic carbocycles. The maximum absolute atomic E-state index is 11.2. The van der Waals surface area contributed by atoms with Crippen molar-refractivity contribution in [1.29, 1.82) is 0 Å². The minimum Gasteiger partial charge on any atom is -0.478 e. The Kier molecular flexibility index (Phi) is 3.16. The zero-order chi connectivity index (χ0) is 12.4. The Morgan fingerprint density at radius 2 is 1.82 bits per heavy atom. The largest absolute Gasteiger partial charge is 0.478 e. The van der Waals surface area contributed by atoms with E-state index in [1.165, 1.54) is 6.07 Å². The lowest BCUT2D eigenvalue weighted by molar-refractivity contribution is 0.0698. The predicted octanol–water partition coefficient (Wildman–Crippen LogP) is 4.01. The van der Waals surface area contributed by atoms with Crippen LogP contribution in [0.5, 0.6) is 0 Å². The molecule has 0 heterocycles. The van der Waals surface area contributed by atoms with Crippen molar-refractivity contribution >= 4 is 17.6 Å². The third kappa shape index (κ3) is 2.32. The topological polar surface area (TPSA) is 37.3 Å². The Balaban J connectivity index is 2.70. The molecule has 0 amide bonds. The second-order valence-electron chi connectivity index (χ2n) is 3.81. The van der Waals surface area contributed by atoms with Gasteiger partial charge in [-0.05, 0) is 41.8 Å². The molecule has 0 bridgehead atoms. The van der Waals surface area contributed by atoms with Crippen molar-refractivity contribution in [2.45, 2.75) is 6.92 Å². The van der Waals surface area contributed by atoms with Crippen molar-refractivity contribution in [3.05, 3.63) is 58.6 Å². The van der Waals surface area contributed by atoms with Crippen LogP contribution in [-0.2, 0) is 0 Å². The van der Waals surface area contributed by atoms with Crippen LogP contribution in [0.15, 0.2) is 42.5 Å². The summed E-state index contributed by atoms with van der Waals surface area (Å²) in [4.78, 5) is 11.2. The van der Waals surface area contributed by atoms with Gasteiger partial charge < -0.3 is 5.11 Å². The Labute approximate surface area is 104 Å². The van der Waals surface area contributed by atoms with E-state index in [4.69, 9.17) is 16.7 Å². The number of benzene rings is 2. The highest BCUT2D eigenvalue weighted by molar-refractivity contribution is 6.31. The summed E-state index contributed by atoms with van der Waals surface area (Å²) in [6.07, 6.45) is 0. The average Bonchev–Trinajstić information content (AvgIpc) is 2.29. The van der Waals surface area contributed by atoms with Crippen molar-refractivity contribution in [1.82, 2.24) is 0 Å². The van der Waals surface area contributed by atoms with Gasteiger partial charge in [0.15, 0.2) is 0 Å². The van der Waals surface area contributed by atoms with Crippen molar-refractivity contribution in [3.63, 3.8) is 0 Å². The zero-order valence-electron chi connectivity index (χ0n) is 9.27. The molecule has 0 atom stereocenters. The van der Waals surface area contributed by atoms with Gasteiger partial charge in [0.05, 0.1) is 5.56 Å². The molecule has 86 valence electrons. The number of aryl methyl sites for hydroxylation is 1. The van der Waals surface area contributed by atoms with Crippen LogP contribution in [0.4, 0.5) is 0 Å². The molecule has 3 heteroatoms. The highest BCUT2D eigenvalue weighted by atomic mass is 35.5. The Bertz CT molecular complexity index is 576. The molecule has 1 N–H and O–H groups in total. The highest BCUT2D eigenvalue weighted by Crippen LogP contribution is 2.29. The number of carboxylic acid groups (broad SMARTS) is 1. The summed E-state index contributed by atoms with van der Waals surface area (Å²) in [7, 11) is 0. The van der Waals surface area contributed by atoms with E-state index >= 15 is 0 Å². The third-order valence-corrected chi connectivity index (χ3v) is 2.88. The first kappa shape index (κ1) is 11.7. The number of hydrogen-bond donors (Lipinski definition) is 1. The van der Waals surface area contributed by atoms with Crippen LogP contribution in [0, 0.1) is 6.92 Å². The minimum absolute atomic E-state index is 0.267. The molecule has 17 heavy (non-hydrogen) atoms. The van der Waals surface area contributed by atoms with E-state index in [0.717, 1.165) is 11.1 Å². The molecule has 0 radical (unpaired) electrons. The van der Waals surface area contributed by atoms with Crippen molar-refractivity contribution in [2.24, 2.45) is 0 Å². The van der Waals surface area contributed by atoms with Crippen molar-refractivity contribution in [2.75, 3.05) is 0 Å². The maximum atomic E-state index is 11.2. The number of carbonyl (C=O) groups is 1. The van der Waals surface area contributed by atoms with Crippen molar-refractivity contribution < 1.29 is 9.90 Å². The van der Waals surface area contributed by atoms with Gasteiger partial charge in [0, 0.05) is 5.02 Å². The molecule has 0 aliphatic rings. The number of rotatable bonds is 2. The lowest BCUT2D eigenvalue weighted by Crippen LogP contribution is -2.00. The summed E-state index contributed by atoms with van der Waals surface area (Å²) in [5, 5.41) is 9.70. The van der Waals surface area contributed by atoms with Crippen LogP contribution in [0.1, 0.15) is 15.9 Å². The van der Waals surface area contributed by atoms with Gasteiger partial charge in [-0.15, -0.1) is 0 Å². The van der Waals surface area contributed by atoms with Crippen LogP contribution in [0.25, 0.3) is 11.1 Å². The molecular weight excluding hydrogens is 236 g/mol. The monoisotopic (exact) mass is 246 g/mol. The van der Waals surface area contributed by atoms with Crippen molar-refractivity contribution in [3.8, 4) is 11.1 Å². The predicted molar refractivity (Wildman–Crippen MR) is 68.6 cm³/mol. The van der Waals surface area contributed by atoms with Crippen LogP contribution in [0.2, 0.25) is 5.02 Å². The number of aromatic carboxylic acids is 1. The third-order valence-electron chi connectivity index (χ3n) is 2.65. The molecule has 0 spiro atoms. The first-order chi connectivity index (χ1) is 8.09. The quantitative estimate of drug-likeness (QED) is 0.869. The summed E-state index contributed by atoms with van der Waals surface area (Å²) < 4.78 is 0. The summed E-state index contributed by atoms with van der Waals surface area (Å²) in [6, 6.07) is 12.5. The fourth-order valence-electron chi connectivity index (χ4n) is 1.80. The first-order valence-corrected chi connectivity index (χ1v) is 5.56. The molecule has 2 nitrogen and oxygen atoms in total. The van der Waals surface area contributed by atoms with E-state index in [0.29, 0.717) is 10.6 Å². The fraction of sp³-hybridized carbons (Fsp3) is 0.0714.